The van der Waals surface area contributed by atoms with E-state index in [9.17, 15) is 0 Å². The van der Waals surface area contributed by atoms with Crippen molar-refractivity contribution >= 4 is 6.71 Å². The van der Waals surface area contributed by atoms with Gasteiger partial charge >= 0.3 is 0 Å². The fourth-order valence-electron chi connectivity index (χ4n) is 8.20. The standard InChI is InChI=1S/C24H41B/c1-8-25(13-17-9-19-11-21(15(17)2)23(19,4)5)14-18-10-20-12-22(16(18)3)24(20,6)7/h8,15-22H,1,9-14H2,2-7H3. The van der Waals surface area contributed by atoms with Crippen LogP contribution in [0.3, 0.4) is 0 Å². The van der Waals surface area contributed by atoms with Gasteiger partial charge in [-0.3, -0.25) is 0 Å². The molecule has 25 heavy (non-hydrogen) atoms. The van der Waals surface area contributed by atoms with Gasteiger partial charge in [0.25, 0.3) is 0 Å². The molecule has 8 unspecified atom stereocenters. The molecule has 0 spiro atoms. The summed E-state index contributed by atoms with van der Waals surface area (Å²) in [4.78, 5) is 0. The first-order valence-corrected chi connectivity index (χ1v) is 11.3. The lowest BCUT2D eigenvalue weighted by Gasteiger charge is -2.63. The number of fused-ring (bicyclic) bond motifs is 4. The van der Waals surface area contributed by atoms with E-state index in [0.717, 1.165) is 54.1 Å². The average molecular weight is 340 g/mol. The molecule has 0 radical (unpaired) electrons. The van der Waals surface area contributed by atoms with Crippen molar-refractivity contribution in [1.82, 2.24) is 0 Å². The fourth-order valence-corrected chi connectivity index (χ4v) is 8.20. The van der Waals surface area contributed by atoms with Crippen molar-refractivity contribution in [3.05, 3.63) is 12.6 Å². The van der Waals surface area contributed by atoms with Crippen LogP contribution in [-0.2, 0) is 0 Å². The van der Waals surface area contributed by atoms with Crippen molar-refractivity contribution in [2.75, 3.05) is 0 Å². The van der Waals surface area contributed by atoms with E-state index < -0.39 is 0 Å². The topological polar surface area (TPSA) is 0 Å². The van der Waals surface area contributed by atoms with Gasteiger partial charge in [0.1, 0.15) is 0 Å². The Morgan fingerprint density at radius 2 is 1.20 bits per heavy atom. The highest BCUT2D eigenvalue weighted by molar-refractivity contribution is 6.64. The van der Waals surface area contributed by atoms with Gasteiger partial charge in [0.05, 0.1) is 0 Å². The van der Waals surface area contributed by atoms with Gasteiger partial charge in [-0.05, 0) is 83.9 Å². The Bertz CT molecular complexity index is 488. The first-order chi connectivity index (χ1) is 11.7. The molecule has 0 aromatic heterocycles. The van der Waals surface area contributed by atoms with Crippen LogP contribution in [0.5, 0.6) is 0 Å². The summed E-state index contributed by atoms with van der Waals surface area (Å²) < 4.78 is 0. The summed E-state index contributed by atoms with van der Waals surface area (Å²) in [6, 6.07) is 0. The Morgan fingerprint density at radius 1 is 0.800 bits per heavy atom. The third-order valence-corrected chi connectivity index (χ3v) is 10.6. The summed E-state index contributed by atoms with van der Waals surface area (Å²) >= 11 is 0. The van der Waals surface area contributed by atoms with E-state index in [1.54, 1.807) is 0 Å². The van der Waals surface area contributed by atoms with Gasteiger partial charge in [0.15, 0.2) is 6.71 Å². The monoisotopic (exact) mass is 340 g/mol. The fraction of sp³-hybridized carbons (Fsp3) is 0.917. The maximum absolute atomic E-state index is 4.26. The van der Waals surface area contributed by atoms with Crippen LogP contribution in [0.4, 0.5) is 0 Å². The molecular formula is C24H41B. The summed E-state index contributed by atoms with van der Waals surface area (Å²) in [6.07, 6.45) is 8.87. The normalized spacial score (nSPS) is 48.9. The second-order valence-corrected chi connectivity index (χ2v) is 11.9. The molecule has 1 heteroatoms. The van der Waals surface area contributed by atoms with Crippen LogP contribution in [0.1, 0.15) is 67.2 Å². The lowest BCUT2D eigenvalue weighted by atomic mass is 9.33. The van der Waals surface area contributed by atoms with Gasteiger partial charge in [0, 0.05) is 0 Å². The smallest absolute Gasteiger partial charge is 0.122 e. The van der Waals surface area contributed by atoms with Crippen molar-refractivity contribution < 1.29 is 0 Å². The van der Waals surface area contributed by atoms with Gasteiger partial charge in [0.2, 0.25) is 0 Å². The van der Waals surface area contributed by atoms with Crippen molar-refractivity contribution in [1.29, 1.82) is 0 Å². The van der Waals surface area contributed by atoms with Gasteiger partial charge in [-0.2, -0.15) is 0 Å². The quantitative estimate of drug-likeness (QED) is 0.480. The van der Waals surface area contributed by atoms with E-state index in [0.29, 0.717) is 10.8 Å². The maximum atomic E-state index is 4.26. The largest absolute Gasteiger partial charge is 0.166 e. The number of rotatable bonds is 5. The minimum absolute atomic E-state index is 0.629. The molecule has 6 aliphatic carbocycles. The van der Waals surface area contributed by atoms with Crippen molar-refractivity contribution in [3.8, 4) is 0 Å². The van der Waals surface area contributed by atoms with Gasteiger partial charge in [-0.25, -0.2) is 0 Å². The summed E-state index contributed by atoms with van der Waals surface area (Å²) in [5.41, 5.74) is 1.26. The predicted molar refractivity (Wildman–Crippen MR) is 111 cm³/mol. The Labute approximate surface area is 157 Å². The van der Waals surface area contributed by atoms with E-state index >= 15 is 0 Å². The third-order valence-electron chi connectivity index (χ3n) is 10.6. The Hall–Kier alpha value is -0.195. The van der Waals surface area contributed by atoms with Gasteiger partial charge in [-0.15, -0.1) is 12.6 Å². The molecule has 4 bridgehead atoms. The molecule has 6 saturated carbocycles. The minimum atomic E-state index is 0.629. The number of hydrogen-bond donors (Lipinski definition) is 0. The SMILES string of the molecule is C=CB(CC1CC2CC(C1C)C2(C)C)CC1CC2CC(C1C)C2(C)C. The molecule has 0 aromatic rings. The van der Waals surface area contributed by atoms with Crippen LogP contribution in [0, 0.1) is 58.2 Å². The maximum Gasteiger partial charge on any atom is 0.166 e. The van der Waals surface area contributed by atoms with E-state index in [-0.39, 0.29) is 0 Å². The molecule has 6 aliphatic rings. The highest BCUT2D eigenvalue weighted by atomic mass is 14.6. The van der Waals surface area contributed by atoms with Crippen LogP contribution in [0.15, 0.2) is 12.6 Å². The molecule has 6 fully saturated rings. The molecule has 0 N–H and O–H groups in total. The second-order valence-electron chi connectivity index (χ2n) is 11.9. The summed E-state index contributed by atoms with van der Waals surface area (Å²) in [5.74, 6) is 10.1. The highest BCUT2D eigenvalue weighted by Crippen LogP contribution is 2.65. The van der Waals surface area contributed by atoms with Gasteiger partial charge < -0.3 is 0 Å². The molecule has 8 atom stereocenters. The Morgan fingerprint density at radius 3 is 1.48 bits per heavy atom. The van der Waals surface area contributed by atoms with Crippen LogP contribution in [0.25, 0.3) is 0 Å². The molecule has 6 rings (SSSR count). The molecular weight excluding hydrogens is 299 g/mol. The molecule has 0 aliphatic heterocycles. The molecule has 0 nitrogen and oxygen atoms in total. The zero-order chi connectivity index (χ0) is 18.1. The van der Waals surface area contributed by atoms with Crippen LogP contribution < -0.4 is 0 Å². The summed E-state index contributed by atoms with van der Waals surface area (Å²) in [6.45, 7) is 20.3. The predicted octanol–water partition coefficient (Wildman–Crippen LogP) is 6.84. The summed E-state index contributed by atoms with van der Waals surface area (Å²) in [7, 11) is 0. The highest BCUT2D eigenvalue weighted by Gasteiger charge is 2.57. The van der Waals surface area contributed by atoms with Crippen molar-refractivity contribution in [2.45, 2.75) is 79.9 Å². The zero-order valence-corrected chi connectivity index (χ0v) is 17.7. The van der Waals surface area contributed by atoms with Crippen LogP contribution >= 0.6 is 0 Å². The van der Waals surface area contributed by atoms with Crippen molar-refractivity contribution in [3.63, 3.8) is 0 Å². The van der Waals surface area contributed by atoms with E-state index in [1.807, 2.05) is 0 Å². The second kappa shape index (κ2) is 5.90. The van der Waals surface area contributed by atoms with Crippen LogP contribution in [0.2, 0.25) is 12.6 Å². The molecule has 0 saturated heterocycles. The van der Waals surface area contributed by atoms with Crippen molar-refractivity contribution in [2.24, 2.45) is 58.2 Å². The molecule has 140 valence electrons. The van der Waals surface area contributed by atoms with E-state index in [1.165, 1.54) is 38.3 Å². The van der Waals surface area contributed by atoms with Crippen LogP contribution in [-0.4, -0.2) is 6.71 Å². The Balaban J connectivity index is 1.36. The lowest BCUT2D eigenvalue weighted by molar-refractivity contribution is -0.126. The molecule has 0 amide bonds. The first kappa shape index (κ1) is 18.2. The molecule has 0 aromatic carbocycles. The Kier molecular flexibility index (Phi) is 4.29. The average Bonchev–Trinajstić information content (AvgIpc) is 2.56. The van der Waals surface area contributed by atoms with Gasteiger partial charge in [-0.1, -0.05) is 54.2 Å². The third kappa shape index (κ3) is 2.61. The molecule has 0 heterocycles. The first-order valence-electron chi connectivity index (χ1n) is 11.3. The minimum Gasteiger partial charge on any atom is -0.122 e. The van der Waals surface area contributed by atoms with E-state index in [2.05, 4.69) is 54.1 Å². The lowest BCUT2D eigenvalue weighted by Crippen LogP contribution is -2.56. The summed E-state index contributed by atoms with van der Waals surface area (Å²) in [5, 5.41) is 0. The van der Waals surface area contributed by atoms with E-state index in [4.69, 9.17) is 0 Å². The zero-order valence-electron chi connectivity index (χ0n) is 17.7. The number of hydrogen-bond acceptors (Lipinski definition) is 0.